The Hall–Kier alpha value is -2.43. The van der Waals surface area contributed by atoms with Gasteiger partial charge in [-0.25, -0.2) is 4.98 Å². The third-order valence-electron chi connectivity index (χ3n) is 2.55. The van der Waals surface area contributed by atoms with E-state index in [4.69, 9.17) is 4.74 Å². The van der Waals surface area contributed by atoms with Gasteiger partial charge in [-0.1, -0.05) is 13.0 Å². The highest BCUT2D eigenvalue weighted by atomic mass is 19.1. The number of pyridine rings is 1. The number of hydrogen-bond donors (Lipinski definition) is 1. The smallest absolute Gasteiger partial charge is 0.255 e. The van der Waals surface area contributed by atoms with Crippen LogP contribution in [0.5, 0.6) is 5.75 Å². The number of nitrogens with zero attached hydrogens (tertiary/aromatic N) is 1. The molecule has 1 aromatic carbocycles. The molecule has 0 bridgehead atoms. The minimum Gasteiger partial charge on any atom is -0.494 e. The lowest BCUT2D eigenvalue weighted by Crippen LogP contribution is -2.12. The van der Waals surface area contributed by atoms with Gasteiger partial charge in [0.05, 0.1) is 6.61 Å². The summed E-state index contributed by atoms with van der Waals surface area (Å²) in [5, 5.41) is 2.69. The summed E-state index contributed by atoms with van der Waals surface area (Å²) in [6.45, 7) is 2.64. The second-order valence-corrected chi connectivity index (χ2v) is 4.20. The standard InChI is InChI=1S/C15H15FN2O2/c1-2-8-20-13-5-3-4-12(10-13)18-15(19)11-6-7-17-14(16)9-11/h3-7,9-10H,2,8H2,1H3,(H,18,19). The van der Waals surface area contributed by atoms with E-state index < -0.39 is 5.95 Å². The Bertz CT molecular complexity index is 602. The molecule has 0 saturated carbocycles. The summed E-state index contributed by atoms with van der Waals surface area (Å²) >= 11 is 0. The molecule has 0 spiro atoms. The van der Waals surface area contributed by atoms with Crippen LogP contribution in [0.15, 0.2) is 42.6 Å². The predicted octanol–water partition coefficient (Wildman–Crippen LogP) is 3.26. The van der Waals surface area contributed by atoms with Crippen LogP contribution in [0.1, 0.15) is 23.7 Å². The highest BCUT2D eigenvalue weighted by Gasteiger charge is 2.07. The van der Waals surface area contributed by atoms with Gasteiger partial charge in [-0.05, 0) is 24.6 Å². The number of halogens is 1. The molecule has 0 fully saturated rings. The van der Waals surface area contributed by atoms with Gasteiger partial charge in [0, 0.05) is 29.6 Å². The van der Waals surface area contributed by atoms with E-state index in [0.29, 0.717) is 18.0 Å². The van der Waals surface area contributed by atoms with Crippen LogP contribution in [0.3, 0.4) is 0 Å². The van der Waals surface area contributed by atoms with Crippen LogP contribution in [-0.2, 0) is 0 Å². The third-order valence-corrected chi connectivity index (χ3v) is 2.55. The van der Waals surface area contributed by atoms with Crippen molar-refractivity contribution in [1.29, 1.82) is 0 Å². The second kappa shape index (κ2) is 6.65. The van der Waals surface area contributed by atoms with Crippen molar-refractivity contribution in [1.82, 2.24) is 4.98 Å². The van der Waals surface area contributed by atoms with E-state index in [1.165, 1.54) is 12.3 Å². The Kier molecular flexibility index (Phi) is 4.65. The van der Waals surface area contributed by atoms with E-state index in [1.54, 1.807) is 18.2 Å². The molecule has 0 atom stereocenters. The number of ether oxygens (including phenoxy) is 1. The van der Waals surface area contributed by atoms with E-state index in [1.807, 2.05) is 13.0 Å². The monoisotopic (exact) mass is 274 g/mol. The van der Waals surface area contributed by atoms with Gasteiger partial charge in [0.1, 0.15) is 5.75 Å². The molecule has 1 heterocycles. The van der Waals surface area contributed by atoms with Crippen LogP contribution in [0.25, 0.3) is 0 Å². The Balaban J connectivity index is 2.07. The molecule has 0 radical (unpaired) electrons. The third kappa shape index (κ3) is 3.78. The fourth-order valence-electron chi connectivity index (χ4n) is 1.63. The van der Waals surface area contributed by atoms with Crippen LogP contribution in [0.4, 0.5) is 10.1 Å². The highest BCUT2D eigenvalue weighted by Crippen LogP contribution is 2.18. The van der Waals surface area contributed by atoms with Crippen molar-refractivity contribution in [3.8, 4) is 5.75 Å². The Morgan fingerprint density at radius 1 is 1.35 bits per heavy atom. The minimum absolute atomic E-state index is 0.220. The molecule has 4 nitrogen and oxygen atoms in total. The lowest BCUT2D eigenvalue weighted by molar-refractivity contribution is 0.102. The maximum atomic E-state index is 13.0. The van der Waals surface area contributed by atoms with Gasteiger partial charge in [-0.3, -0.25) is 4.79 Å². The van der Waals surface area contributed by atoms with Gasteiger partial charge >= 0.3 is 0 Å². The van der Waals surface area contributed by atoms with Crippen LogP contribution >= 0.6 is 0 Å². The van der Waals surface area contributed by atoms with Gasteiger partial charge in [0.15, 0.2) is 0 Å². The van der Waals surface area contributed by atoms with Gasteiger partial charge in [-0.15, -0.1) is 0 Å². The SMILES string of the molecule is CCCOc1cccc(NC(=O)c2ccnc(F)c2)c1. The van der Waals surface area contributed by atoms with Crippen molar-refractivity contribution in [3.63, 3.8) is 0 Å². The van der Waals surface area contributed by atoms with Crippen LogP contribution in [0, 0.1) is 5.95 Å². The van der Waals surface area contributed by atoms with E-state index in [9.17, 15) is 9.18 Å². The van der Waals surface area contributed by atoms with Gasteiger partial charge in [-0.2, -0.15) is 4.39 Å². The van der Waals surface area contributed by atoms with Crippen molar-refractivity contribution < 1.29 is 13.9 Å². The quantitative estimate of drug-likeness (QED) is 0.851. The van der Waals surface area contributed by atoms with Gasteiger partial charge in [0.2, 0.25) is 5.95 Å². The molecular weight excluding hydrogens is 259 g/mol. The topological polar surface area (TPSA) is 51.2 Å². The number of rotatable bonds is 5. The highest BCUT2D eigenvalue weighted by molar-refractivity contribution is 6.04. The van der Waals surface area contributed by atoms with Gasteiger partial charge < -0.3 is 10.1 Å². The molecule has 20 heavy (non-hydrogen) atoms. The van der Waals surface area contributed by atoms with E-state index in [-0.39, 0.29) is 11.5 Å². The van der Waals surface area contributed by atoms with E-state index in [2.05, 4.69) is 10.3 Å². The maximum absolute atomic E-state index is 13.0. The van der Waals surface area contributed by atoms with Crippen LogP contribution in [-0.4, -0.2) is 17.5 Å². The summed E-state index contributed by atoms with van der Waals surface area (Å²) in [5.41, 5.74) is 0.818. The molecule has 5 heteroatoms. The fourth-order valence-corrected chi connectivity index (χ4v) is 1.63. The molecule has 0 saturated heterocycles. The van der Waals surface area contributed by atoms with Gasteiger partial charge in [0.25, 0.3) is 5.91 Å². The first-order chi connectivity index (χ1) is 9.69. The first-order valence-electron chi connectivity index (χ1n) is 6.35. The van der Waals surface area contributed by atoms with E-state index >= 15 is 0 Å². The minimum atomic E-state index is -0.683. The lowest BCUT2D eigenvalue weighted by Gasteiger charge is -2.08. The Morgan fingerprint density at radius 3 is 2.95 bits per heavy atom. The second-order valence-electron chi connectivity index (χ2n) is 4.20. The molecule has 1 amide bonds. The molecule has 0 aliphatic carbocycles. The summed E-state index contributed by atoms with van der Waals surface area (Å²) in [5.74, 6) is -0.387. The molecule has 1 aromatic heterocycles. The summed E-state index contributed by atoms with van der Waals surface area (Å²) in [7, 11) is 0. The number of nitrogens with one attached hydrogen (secondary N) is 1. The lowest BCUT2D eigenvalue weighted by atomic mass is 10.2. The molecule has 0 unspecified atom stereocenters. The number of hydrogen-bond acceptors (Lipinski definition) is 3. The van der Waals surface area contributed by atoms with E-state index in [0.717, 1.165) is 12.5 Å². The Labute approximate surface area is 116 Å². The molecule has 1 N–H and O–H groups in total. The van der Waals surface area contributed by atoms with Crippen molar-refractivity contribution in [2.45, 2.75) is 13.3 Å². The average Bonchev–Trinajstić information content (AvgIpc) is 2.45. The van der Waals surface area contributed by atoms with Crippen molar-refractivity contribution in [2.24, 2.45) is 0 Å². The zero-order valence-electron chi connectivity index (χ0n) is 11.1. The Morgan fingerprint density at radius 2 is 2.20 bits per heavy atom. The van der Waals surface area contributed by atoms with Crippen molar-refractivity contribution >= 4 is 11.6 Å². The molecule has 2 aromatic rings. The largest absolute Gasteiger partial charge is 0.494 e. The summed E-state index contributed by atoms with van der Waals surface area (Å²) in [6, 6.07) is 9.62. The number of anilines is 1. The molecule has 0 aliphatic rings. The molecule has 0 aliphatic heterocycles. The normalized spacial score (nSPS) is 10.1. The number of benzene rings is 1. The van der Waals surface area contributed by atoms with Crippen molar-refractivity contribution in [2.75, 3.05) is 11.9 Å². The fraction of sp³-hybridized carbons (Fsp3) is 0.200. The zero-order valence-corrected chi connectivity index (χ0v) is 11.1. The zero-order chi connectivity index (χ0) is 14.4. The molecule has 104 valence electrons. The van der Waals surface area contributed by atoms with Crippen LogP contribution in [0.2, 0.25) is 0 Å². The maximum Gasteiger partial charge on any atom is 0.255 e. The molecule has 2 rings (SSSR count). The molecular formula is C15H15FN2O2. The van der Waals surface area contributed by atoms with Crippen LogP contribution < -0.4 is 10.1 Å². The summed E-state index contributed by atoms with van der Waals surface area (Å²) in [6.07, 6.45) is 2.16. The summed E-state index contributed by atoms with van der Waals surface area (Å²) < 4.78 is 18.4. The van der Waals surface area contributed by atoms with Crippen molar-refractivity contribution in [3.05, 3.63) is 54.1 Å². The number of carbonyl (C=O) groups is 1. The number of carbonyl (C=O) groups excluding carboxylic acids is 1. The first kappa shape index (κ1) is 14.0. The number of amides is 1. The number of aromatic nitrogens is 1. The summed E-state index contributed by atoms with van der Waals surface area (Å²) in [4.78, 5) is 15.4. The average molecular weight is 274 g/mol. The predicted molar refractivity (Wildman–Crippen MR) is 74.4 cm³/mol. The first-order valence-corrected chi connectivity index (χ1v) is 6.35.